The maximum Gasteiger partial charge on any atom is 0.411 e. The van der Waals surface area contributed by atoms with Crippen molar-refractivity contribution in [1.29, 1.82) is 0 Å². The van der Waals surface area contributed by atoms with E-state index in [-0.39, 0.29) is 18.9 Å². The lowest BCUT2D eigenvalue weighted by atomic mass is 10.1. The predicted molar refractivity (Wildman–Crippen MR) is 135 cm³/mol. The Balaban J connectivity index is 1.58. The molecular formula is C27H33N3O7. The number of pyridine rings is 1. The minimum atomic E-state index is -1.18. The number of methoxy groups -OCH3 is 2. The van der Waals surface area contributed by atoms with Gasteiger partial charge in [0.2, 0.25) is 11.8 Å². The average Bonchev–Trinajstić information content (AvgIpc) is 3.40. The van der Waals surface area contributed by atoms with Crippen molar-refractivity contribution in [2.45, 2.75) is 56.9 Å². The Labute approximate surface area is 215 Å². The second-order valence-electron chi connectivity index (χ2n) is 10.3. The van der Waals surface area contributed by atoms with Crippen molar-refractivity contribution in [2.24, 2.45) is 5.92 Å². The highest BCUT2D eigenvalue weighted by Gasteiger charge is 2.62. The molecule has 10 heteroatoms. The van der Waals surface area contributed by atoms with Gasteiger partial charge < -0.3 is 24.3 Å². The van der Waals surface area contributed by atoms with Crippen LogP contribution >= 0.6 is 0 Å². The summed E-state index contributed by atoms with van der Waals surface area (Å²) < 4.78 is 22.0. The zero-order valence-corrected chi connectivity index (χ0v) is 21.8. The zero-order chi connectivity index (χ0) is 27.0. The molecule has 1 saturated heterocycles. The highest BCUT2D eigenvalue weighted by molar-refractivity contribution is 5.95. The van der Waals surface area contributed by atoms with Crippen LogP contribution in [0.15, 0.2) is 43.1 Å². The number of amides is 2. The van der Waals surface area contributed by atoms with Gasteiger partial charge >= 0.3 is 12.1 Å². The number of nitrogens with one attached hydrogen (secondary N) is 1. The number of hydrogen-bond acceptors (Lipinski definition) is 8. The lowest BCUT2D eigenvalue weighted by Crippen LogP contribution is -2.53. The summed E-state index contributed by atoms with van der Waals surface area (Å²) in [5, 5.41) is 4.47. The molecule has 0 radical (unpaired) electrons. The first-order valence-electron chi connectivity index (χ1n) is 12.1. The minimum absolute atomic E-state index is 0.108. The van der Waals surface area contributed by atoms with Gasteiger partial charge in [0.05, 0.1) is 20.8 Å². The van der Waals surface area contributed by atoms with Crippen molar-refractivity contribution in [3.8, 4) is 11.6 Å². The first-order chi connectivity index (χ1) is 17.5. The van der Waals surface area contributed by atoms with Crippen LogP contribution in [-0.4, -0.2) is 71.9 Å². The van der Waals surface area contributed by atoms with Crippen molar-refractivity contribution < 1.29 is 33.3 Å². The predicted octanol–water partition coefficient (Wildman–Crippen LogP) is 3.23. The number of ether oxygens (including phenoxy) is 4. The third kappa shape index (κ3) is 5.33. The SMILES string of the molecule is C=C[C@@H]1CC1(NC(=O)[C@@H]1C[C@@H](Oc2nccc3cc(OC)ccc23)CN1C(=O)OC(C)(C)C)C(=O)OC. The quantitative estimate of drug-likeness (QED) is 0.445. The summed E-state index contributed by atoms with van der Waals surface area (Å²) in [6.07, 6.45) is 2.64. The molecule has 2 aliphatic rings. The molecular weight excluding hydrogens is 478 g/mol. The largest absolute Gasteiger partial charge is 0.497 e. The van der Waals surface area contributed by atoms with Gasteiger partial charge in [-0.15, -0.1) is 6.58 Å². The van der Waals surface area contributed by atoms with Gasteiger partial charge in [-0.3, -0.25) is 9.69 Å². The van der Waals surface area contributed by atoms with E-state index in [1.807, 2.05) is 24.3 Å². The summed E-state index contributed by atoms with van der Waals surface area (Å²) in [6, 6.07) is 6.47. The Hall–Kier alpha value is -3.82. The summed E-state index contributed by atoms with van der Waals surface area (Å²) in [6.45, 7) is 9.11. The fourth-order valence-corrected chi connectivity index (χ4v) is 4.65. The van der Waals surface area contributed by atoms with Gasteiger partial charge in [0, 0.05) is 23.9 Å². The molecule has 37 heavy (non-hydrogen) atoms. The molecule has 1 unspecified atom stereocenters. The Morgan fingerprint density at radius 1 is 1.22 bits per heavy atom. The number of rotatable bonds is 7. The summed E-state index contributed by atoms with van der Waals surface area (Å²) >= 11 is 0. The van der Waals surface area contributed by atoms with Crippen molar-refractivity contribution >= 4 is 28.7 Å². The number of carbonyl (C=O) groups excluding carboxylic acids is 3. The molecule has 1 saturated carbocycles. The number of aromatic nitrogens is 1. The van der Waals surface area contributed by atoms with Crippen molar-refractivity contribution in [2.75, 3.05) is 20.8 Å². The molecule has 2 amide bonds. The van der Waals surface area contributed by atoms with Crippen LogP contribution in [0.25, 0.3) is 10.8 Å². The number of benzene rings is 1. The fraction of sp³-hybridized carbons (Fsp3) is 0.481. The zero-order valence-electron chi connectivity index (χ0n) is 21.8. The molecule has 4 rings (SSSR count). The molecule has 2 fully saturated rings. The van der Waals surface area contributed by atoms with Crippen LogP contribution in [0.1, 0.15) is 33.6 Å². The minimum Gasteiger partial charge on any atom is -0.497 e. The van der Waals surface area contributed by atoms with Crippen molar-refractivity contribution in [3.63, 3.8) is 0 Å². The number of likely N-dealkylation sites (tertiary alicyclic amines) is 1. The van der Waals surface area contributed by atoms with Crippen LogP contribution in [0.5, 0.6) is 11.6 Å². The lowest BCUT2D eigenvalue weighted by molar-refractivity contribution is -0.147. The van der Waals surface area contributed by atoms with Crippen LogP contribution in [0.2, 0.25) is 0 Å². The Kier molecular flexibility index (Phi) is 7.03. The van der Waals surface area contributed by atoms with E-state index in [4.69, 9.17) is 18.9 Å². The number of fused-ring (bicyclic) bond motifs is 1. The van der Waals surface area contributed by atoms with Gasteiger partial charge in [0.25, 0.3) is 0 Å². The molecule has 2 aromatic rings. The maximum absolute atomic E-state index is 13.5. The van der Waals surface area contributed by atoms with E-state index in [2.05, 4.69) is 16.9 Å². The molecule has 0 spiro atoms. The normalized spacial score (nSPS) is 24.8. The monoisotopic (exact) mass is 511 g/mol. The standard InChI is InChI=1S/C27H33N3O7/c1-7-17-14-27(17,24(32)35-6)29-22(31)21-13-19(15-30(21)25(33)37-26(2,3)4)36-23-20-9-8-18(34-5)12-16(20)10-11-28-23/h7-12,17,19,21H,1,13-15H2,2-6H3,(H,29,31)/t17-,19-,21+,27?/m1/s1. The molecule has 2 heterocycles. The topological polar surface area (TPSA) is 116 Å². The van der Waals surface area contributed by atoms with Gasteiger partial charge in [-0.25, -0.2) is 14.6 Å². The fourth-order valence-electron chi connectivity index (χ4n) is 4.65. The van der Waals surface area contributed by atoms with Crippen LogP contribution in [0.3, 0.4) is 0 Å². The van der Waals surface area contributed by atoms with Crippen LogP contribution in [0, 0.1) is 5.92 Å². The summed E-state index contributed by atoms with van der Waals surface area (Å²) in [4.78, 5) is 44.7. The Morgan fingerprint density at radius 2 is 1.97 bits per heavy atom. The Morgan fingerprint density at radius 3 is 2.59 bits per heavy atom. The third-order valence-electron chi connectivity index (χ3n) is 6.60. The van der Waals surface area contributed by atoms with E-state index >= 15 is 0 Å². The van der Waals surface area contributed by atoms with Gasteiger partial charge in [0.1, 0.15) is 29.0 Å². The first-order valence-corrected chi connectivity index (χ1v) is 12.1. The first kappa shape index (κ1) is 26.2. The van der Waals surface area contributed by atoms with Crippen molar-refractivity contribution in [1.82, 2.24) is 15.2 Å². The number of carbonyl (C=O) groups is 3. The van der Waals surface area contributed by atoms with E-state index in [0.717, 1.165) is 10.8 Å². The summed E-state index contributed by atoms with van der Waals surface area (Å²) in [7, 11) is 2.87. The highest BCUT2D eigenvalue weighted by atomic mass is 16.6. The molecule has 1 aliphatic heterocycles. The van der Waals surface area contributed by atoms with Crippen LogP contribution < -0.4 is 14.8 Å². The molecule has 0 bridgehead atoms. The van der Waals surface area contributed by atoms with Gasteiger partial charge in [-0.05, 0) is 56.8 Å². The molecule has 1 aromatic heterocycles. The van der Waals surface area contributed by atoms with Gasteiger partial charge in [-0.2, -0.15) is 0 Å². The number of hydrogen-bond donors (Lipinski definition) is 1. The second kappa shape index (κ2) is 9.91. The molecule has 198 valence electrons. The third-order valence-corrected chi connectivity index (χ3v) is 6.60. The van der Waals surface area contributed by atoms with E-state index in [9.17, 15) is 14.4 Å². The molecule has 1 aliphatic carbocycles. The highest BCUT2D eigenvalue weighted by Crippen LogP contribution is 2.45. The molecule has 4 atom stereocenters. The summed E-state index contributed by atoms with van der Waals surface area (Å²) in [5.74, 6) is -0.187. The summed E-state index contributed by atoms with van der Waals surface area (Å²) in [5.41, 5.74) is -1.94. The van der Waals surface area contributed by atoms with Crippen LogP contribution in [-0.2, 0) is 19.1 Å². The molecule has 1 aromatic carbocycles. The molecule has 1 N–H and O–H groups in total. The average molecular weight is 512 g/mol. The number of esters is 1. The van der Waals surface area contributed by atoms with E-state index in [1.54, 1.807) is 40.2 Å². The van der Waals surface area contributed by atoms with E-state index < -0.39 is 41.3 Å². The smallest absolute Gasteiger partial charge is 0.411 e. The maximum atomic E-state index is 13.5. The van der Waals surface area contributed by atoms with Gasteiger partial charge in [-0.1, -0.05) is 6.08 Å². The number of nitrogens with zero attached hydrogens (tertiary/aromatic N) is 2. The van der Waals surface area contributed by atoms with E-state index in [0.29, 0.717) is 18.1 Å². The van der Waals surface area contributed by atoms with Gasteiger partial charge in [0.15, 0.2) is 0 Å². The lowest BCUT2D eigenvalue weighted by Gasteiger charge is -2.28. The molecule has 10 nitrogen and oxygen atoms in total. The van der Waals surface area contributed by atoms with E-state index in [1.165, 1.54) is 12.0 Å². The van der Waals surface area contributed by atoms with Crippen LogP contribution in [0.4, 0.5) is 4.79 Å². The Bertz CT molecular complexity index is 1220. The van der Waals surface area contributed by atoms with Crippen molar-refractivity contribution in [3.05, 3.63) is 43.1 Å². The second-order valence-corrected chi connectivity index (χ2v) is 10.3.